The first-order valence-corrected chi connectivity index (χ1v) is 6.21. The zero-order chi connectivity index (χ0) is 11.7. The lowest BCUT2D eigenvalue weighted by molar-refractivity contribution is 0.519. The fourth-order valence-electron chi connectivity index (χ4n) is 2.82. The first kappa shape index (κ1) is 10.5. The average Bonchev–Trinajstić information content (AvgIpc) is 2.41. The molecule has 85 valence electrons. The topological polar surface area (TPSA) is 23.8 Å². The fourth-order valence-corrected chi connectivity index (χ4v) is 2.82. The molecule has 1 aliphatic rings. The van der Waals surface area contributed by atoms with E-state index in [-0.39, 0.29) is 6.04 Å². The van der Waals surface area contributed by atoms with Crippen molar-refractivity contribution in [2.45, 2.75) is 24.8 Å². The summed E-state index contributed by atoms with van der Waals surface area (Å²) in [6.45, 7) is 0. The van der Waals surface area contributed by atoms with Gasteiger partial charge in [0.2, 0.25) is 0 Å². The SMILES string of the molecule is [NH]C1CCC(c2ccccc2)c2ccccc21. The molecular weight excluding hydrogens is 206 g/mol. The van der Waals surface area contributed by atoms with Crippen molar-refractivity contribution in [1.82, 2.24) is 5.73 Å². The molecule has 0 spiro atoms. The van der Waals surface area contributed by atoms with Crippen LogP contribution in [0.25, 0.3) is 0 Å². The Labute approximate surface area is 102 Å². The van der Waals surface area contributed by atoms with Crippen LogP contribution >= 0.6 is 0 Å². The van der Waals surface area contributed by atoms with Gasteiger partial charge in [-0.15, -0.1) is 0 Å². The van der Waals surface area contributed by atoms with Gasteiger partial charge in [-0.25, -0.2) is 5.73 Å². The summed E-state index contributed by atoms with van der Waals surface area (Å²) in [5.41, 5.74) is 12.1. The molecule has 1 nitrogen and oxygen atoms in total. The van der Waals surface area contributed by atoms with Crippen molar-refractivity contribution in [3.05, 3.63) is 71.3 Å². The Morgan fingerprint density at radius 1 is 0.765 bits per heavy atom. The molecule has 0 saturated heterocycles. The number of hydrogen-bond donors (Lipinski definition) is 0. The Kier molecular flexibility index (Phi) is 2.69. The predicted octanol–water partition coefficient (Wildman–Crippen LogP) is 3.94. The zero-order valence-electron chi connectivity index (χ0n) is 9.77. The van der Waals surface area contributed by atoms with E-state index in [2.05, 4.69) is 48.5 Å². The van der Waals surface area contributed by atoms with Gasteiger partial charge in [0.25, 0.3) is 0 Å². The van der Waals surface area contributed by atoms with Crippen molar-refractivity contribution in [1.29, 1.82) is 0 Å². The molecule has 1 radical (unpaired) electrons. The lowest BCUT2D eigenvalue weighted by Gasteiger charge is -2.29. The summed E-state index contributed by atoms with van der Waals surface area (Å²) in [6, 6.07) is 19.1. The van der Waals surface area contributed by atoms with Gasteiger partial charge in [0, 0.05) is 12.0 Å². The molecule has 0 saturated carbocycles. The molecule has 1 heteroatoms. The first-order valence-electron chi connectivity index (χ1n) is 6.21. The third-order valence-corrected chi connectivity index (χ3v) is 3.69. The Morgan fingerprint density at radius 3 is 2.18 bits per heavy atom. The number of hydrogen-bond acceptors (Lipinski definition) is 0. The molecular formula is C16H16N. The Hall–Kier alpha value is -1.60. The van der Waals surface area contributed by atoms with Crippen LogP contribution in [0.4, 0.5) is 0 Å². The highest BCUT2D eigenvalue weighted by atomic mass is 14.6. The van der Waals surface area contributed by atoms with Crippen molar-refractivity contribution in [3.63, 3.8) is 0 Å². The minimum atomic E-state index is -0.0360. The smallest absolute Gasteiger partial charge is 0.0465 e. The summed E-state index contributed by atoms with van der Waals surface area (Å²) in [5, 5.41) is 0. The van der Waals surface area contributed by atoms with Crippen LogP contribution in [0.5, 0.6) is 0 Å². The molecule has 0 amide bonds. The molecule has 2 atom stereocenters. The molecule has 0 bridgehead atoms. The third kappa shape index (κ3) is 1.87. The van der Waals surface area contributed by atoms with Crippen LogP contribution in [0.1, 0.15) is 41.5 Å². The zero-order valence-corrected chi connectivity index (χ0v) is 9.77. The van der Waals surface area contributed by atoms with E-state index in [9.17, 15) is 0 Å². The fraction of sp³-hybridized carbons (Fsp3) is 0.250. The second-order valence-corrected chi connectivity index (χ2v) is 4.72. The van der Waals surface area contributed by atoms with E-state index < -0.39 is 0 Å². The standard InChI is InChI=1S/C16H16N/c17-16-11-10-13(12-6-2-1-3-7-12)14-8-4-5-9-15(14)16/h1-9,13,16-17H,10-11H2. The molecule has 2 aromatic carbocycles. The van der Waals surface area contributed by atoms with E-state index in [1.165, 1.54) is 16.7 Å². The van der Waals surface area contributed by atoms with E-state index in [0.29, 0.717) is 5.92 Å². The van der Waals surface area contributed by atoms with Gasteiger partial charge in [0.05, 0.1) is 0 Å². The number of nitrogens with one attached hydrogen (secondary N) is 1. The number of fused-ring (bicyclic) bond motifs is 1. The van der Waals surface area contributed by atoms with E-state index in [0.717, 1.165) is 12.8 Å². The Bertz CT molecular complexity index is 504. The summed E-state index contributed by atoms with van der Waals surface area (Å²) in [4.78, 5) is 0. The van der Waals surface area contributed by atoms with Crippen molar-refractivity contribution in [2.24, 2.45) is 0 Å². The van der Waals surface area contributed by atoms with Crippen molar-refractivity contribution in [3.8, 4) is 0 Å². The first-order chi connectivity index (χ1) is 8.36. The Morgan fingerprint density at radius 2 is 1.41 bits per heavy atom. The van der Waals surface area contributed by atoms with Gasteiger partial charge in [-0.1, -0.05) is 54.6 Å². The van der Waals surface area contributed by atoms with Crippen LogP contribution in [0.15, 0.2) is 54.6 Å². The highest BCUT2D eigenvalue weighted by Gasteiger charge is 2.25. The summed E-state index contributed by atoms with van der Waals surface area (Å²) in [5.74, 6) is 0.481. The van der Waals surface area contributed by atoms with Gasteiger partial charge in [-0.3, -0.25) is 0 Å². The van der Waals surface area contributed by atoms with E-state index >= 15 is 0 Å². The monoisotopic (exact) mass is 222 g/mol. The van der Waals surface area contributed by atoms with Gasteiger partial charge in [0.1, 0.15) is 0 Å². The lowest BCUT2D eigenvalue weighted by Crippen LogP contribution is -2.15. The normalized spacial score (nSPS) is 23.1. The quantitative estimate of drug-likeness (QED) is 0.698. The van der Waals surface area contributed by atoms with Crippen LogP contribution in [0.2, 0.25) is 0 Å². The van der Waals surface area contributed by atoms with Crippen molar-refractivity contribution < 1.29 is 0 Å². The van der Waals surface area contributed by atoms with Crippen LogP contribution in [0.3, 0.4) is 0 Å². The number of benzene rings is 2. The molecule has 2 aromatic rings. The highest BCUT2D eigenvalue weighted by Crippen LogP contribution is 2.40. The number of rotatable bonds is 1. The molecule has 3 rings (SSSR count). The van der Waals surface area contributed by atoms with E-state index in [4.69, 9.17) is 5.73 Å². The molecule has 0 heterocycles. The summed E-state index contributed by atoms with van der Waals surface area (Å²) in [7, 11) is 0. The summed E-state index contributed by atoms with van der Waals surface area (Å²) < 4.78 is 0. The largest absolute Gasteiger partial charge is 0.250 e. The van der Waals surface area contributed by atoms with Crippen molar-refractivity contribution in [2.75, 3.05) is 0 Å². The van der Waals surface area contributed by atoms with Gasteiger partial charge < -0.3 is 0 Å². The van der Waals surface area contributed by atoms with Gasteiger partial charge in [0.15, 0.2) is 0 Å². The maximum Gasteiger partial charge on any atom is 0.0465 e. The minimum absolute atomic E-state index is 0.0360. The highest BCUT2D eigenvalue weighted by molar-refractivity contribution is 5.41. The third-order valence-electron chi connectivity index (χ3n) is 3.69. The van der Waals surface area contributed by atoms with Crippen LogP contribution in [-0.4, -0.2) is 0 Å². The maximum absolute atomic E-state index is 8.11. The molecule has 1 aliphatic carbocycles. The van der Waals surface area contributed by atoms with Gasteiger partial charge in [-0.05, 0) is 29.5 Å². The summed E-state index contributed by atoms with van der Waals surface area (Å²) >= 11 is 0. The minimum Gasteiger partial charge on any atom is -0.250 e. The van der Waals surface area contributed by atoms with Crippen LogP contribution < -0.4 is 5.73 Å². The molecule has 1 N–H and O–H groups in total. The second kappa shape index (κ2) is 4.34. The van der Waals surface area contributed by atoms with Crippen LogP contribution in [-0.2, 0) is 0 Å². The summed E-state index contributed by atoms with van der Waals surface area (Å²) in [6.07, 6.45) is 2.06. The molecule has 0 aromatic heterocycles. The van der Waals surface area contributed by atoms with Crippen molar-refractivity contribution >= 4 is 0 Å². The second-order valence-electron chi connectivity index (χ2n) is 4.72. The Balaban J connectivity index is 2.07. The van der Waals surface area contributed by atoms with Crippen LogP contribution in [0, 0.1) is 0 Å². The molecule has 0 aliphatic heterocycles. The average molecular weight is 222 g/mol. The van der Waals surface area contributed by atoms with E-state index in [1.807, 2.05) is 6.07 Å². The predicted molar refractivity (Wildman–Crippen MR) is 69.8 cm³/mol. The molecule has 2 unspecified atom stereocenters. The maximum atomic E-state index is 8.11. The van der Waals surface area contributed by atoms with Gasteiger partial charge >= 0.3 is 0 Å². The van der Waals surface area contributed by atoms with E-state index in [1.54, 1.807) is 0 Å². The molecule has 17 heavy (non-hydrogen) atoms. The lowest BCUT2D eigenvalue weighted by atomic mass is 9.77. The molecule has 0 fully saturated rings. The van der Waals surface area contributed by atoms with Gasteiger partial charge in [-0.2, -0.15) is 0 Å².